The Labute approximate surface area is 145 Å². The van der Waals surface area contributed by atoms with Crippen molar-refractivity contribution < 1.29 is 14.3 Å². The molecule has 0 atom stereocenters. The minimum atomic E-state index is -1.30. The van der Waals surface area contributed by atoms with Crippen LogP contribution in [0.2, 0.25) is 5.02 Å². The van der Waals surface area contributed by atoms with Gasteiger partial charge in [0, 0.05) is 10.6 Å². The number of carbonyl (C=O) groups is 1. The molecule has 24 heavy (non-hydrogen) atoms. The molecule has 0 radical (unpaired) electrons. The van der Waals surface area contributed by atoms with Crippen LogP contribution in [0.25, 0.3) is 0 Å². The Hall–Kier alpha value is -1.88. The van der Waals surface area contributed by atoms with Crippen LogP contribution in [0, 0.1) is 13.8 Å². The van der Waals surface area contributed by atoms with Crippen molar-refractivity contribution in [3.8, 4) is 0 Å². The van der Waals surface area contributed by atoms with Crippen LogP contribution in [0.15, 0.2) is 36.4 Å². The summed E-state index contributed by atoms with van der Waals surface area (Å²) < 4.78 is 11.7. The van der Waals surface area contributed by atoms with E-state index in [1.807, 2.05) is 50.2 Å². The number of fused-ring (bicyclic) bond motifs is 2. The number of benzene rings is 2. The second-order valence-corrected chi connectivity index (χ2v) is 6.63. The van der Waals surface area contributed by atoms with Gasteiger partial charge in [0.05, 0.1) is 25.4 Å². The zero-order valence-electron chi connectivity index (χ0n) is 13.6. The molecule has 0 N–H and O–H groups in total. The lowest BCUT2D eigenvalue weighted by Crippen LogP contribution is -2.41. The number of nitrogens with zero attached hydrogens (tertiary/aromatic N) is 1. The third-order valence-electron chi connectivity index (χ3n) is 4.69. The molecule has 1 amide bonds. The minimum Gasteiger partial charge on any atom is -0.336 e. The summed E-state index contributed by atoms with van der Waals surface area (Å²) in [4.78, 5) is 15.0. The van der Waals surface area contributed by atoms with Crippen LogP contribution in [0.1, 0.15) is 22.3 Å². The van der Waals surface area contributed by atoms with Crippen molar-refractivity contribution in [1.29, 1.82) is 0 Å². The lowest BCUT2D eigenvalue weighted by molar-refractivity contribution is -0.181. The maximum absolute atomic E-state index is 13.2. The summed E-state index contributed by atoms with van der Waals surface area (Å²) in [5.41, 5.74) is 4.62. The average Bonchev–Trinajstić information content (AvgIpc) is 3.14. The monoisotopic (exact) mass is 343 g/mol. The summed E-state index contributed by atoms with van der Waals surface area (Å²) in [6.07, 6.45) is 0. The molecule has 0 saturated carbocycles. The first-order valence-corrected chi connectivity index (χ1v) is 8.36. The van der Waals surface area contributed by atoms with E-state index in [9.17, 15) is 4.79 Å². The highest BCUT2D eigenvalue weighted by Gasteiger charge is 2.57. The number of halogens is 1. The van der Waals surface area contributed by atoms with Crippen molar-refractivity contribution >= 4 is 23.2 Å². The van der Waals surface area contributed by atoms with Crippen LogP contribution in [-0.2, 0) is 26.6 Å². The minimum absolute atomic E-state index is 0.174. The Kier molecular flexibility index (Phi) is 3.64. The molecule has 0 unspecified atom stereocenters. The van der Waals surface area contributed by atoms with Crippen molar-refractivity contribution in [3.63, 3.8) is 0 Å². The van der Waals surface area contributed by atoms with Crippen LogP contribution in [0.4, 0.5) is 5.69 Å². The molecule has 2 aromatic rings. The van der Waals surface area contributed by atoms with Gasteiger partial charge >= 0.3 is 0 Å². The smallest absolute Gasteiger partial charge is 0.292 e. The maximum Gasteiger partial charge on any atom is 0.292 e. The Bertz CT molecular complexity index is 827. The second-order valence-electron chi connectivity index (χ2n) is 6.22. The third-order valence-corrected chi connectivity index (χ3v) is 5.06. The van der Waals surface area contributed by atoms with E-state index in [-0.39, 0.29) is 5.91 Å². The number of hydrogen-bond acceptors (Lipinski definition) is 3. The van der Waals surface area contributed by atoms with Crippen LogP contribution in [-0.4, -0.2) is 19.1 Å². The number of anilines is 1. The standard InChI is InChI=1S/C19H18ClNO3/c1-12-7-8-13(2)17-16(12)19(23-9-10-24-19)18(22)21(17)11-14-5-3-4-6-15(14)20/h3-8H,9-11H2,1-2H3. The quantitative estimate of drug-likeness (QED) is 0.834. The SMILES string of the molecule is Cc1ccc(C)c2c1N(Cc1ccccc1Cl)C(=O)C21OCCO1. The van der Waals surface area contributed by atoms with Crippen LogP contribution < -0.4 is 4.90 Å². The molecule has 1 saturated heterocycles. The maximum atomic E-state index is 13.2. The van der Waals surface area contributed by atoms with Crippen LogP contribution in [0.5, 0.6) is 0 Å². The van der Waals surface area contributed by atoms with Gasteiger partial charge in [-0.15, -0.1) is 0 Å². The summed E-state index contributed by atoms with van der Waals surface area (Å²) in [7, 11) is 0. The van der Waals surface area contributed by atoms with Gasteiger partial charge < -0.3 is 14.4 Å². The van der Waals surface area contributed by atoms with Gasteiger partial charge in [-0.1, -0.05) is 41.9 Å². The van der Waals surface area contributed by atoms with Crippen molar-refractivity contribution in [2.75, 3.05) is 18.1 Å². The highest BCUT2D eigenvalue weighted by atomic mass is 35.5. The third kappa shape index (κ3) is 2.10. The van der Waals surface area contributed by atoms with E-state index in [2.05, 4.69) is 0 Å². The normalized spacial score (nSPS) is 18.5. The first-order chi connectivity index (χ1) is 11.5. The van der Waals surface area contributed by atoms with Gasteiger partial charge in [-0.05, 0) is 36.6 Å². The van der Waals surface area contributed by atoms with E-state index in [0.717, 1.165) is 27.9 Å². The van der Waals surface area contributed by atoms with Crippen LogP contribution >= 0.6 is 11.6 Å². The summed E-state index contributed by atoms with van der Waals surface area (Å²) >= 11 is 6.30. The summed E-state index contributed by atoms with van der Waals surface area (Å²) in [5, 5.41) is 0.645. The topological polar surface area (TPSA) is 38.8 Å². The predicted molar refractivity (Wildman–Crippen MR) is 92.1 cm³/mol. The van der Waals surface area contributed by atoms with Gasteiger partial charge in [-0.25, -0.2) is 0 Å². The fourth-order valence-electron chi connectivity index (χ4n) is 3.57. The fraction of sp³-hybridized carbons (Fsp3) is 0.316. The summed E-state index contributed by atoms with van der Waals surface area (Å²) in [6.45, 7) is 5.21. The Morgan fingerprint density at radius 3 is 2.46 bits per heavy atom. The van der Waals surface area contributed by atoms with E-state index in [0.29, 0.717) is 24.8 Å². The molecule has 2 aromatic carbocycles. The molecular weight excluding hydrogens is 326 g/mol. The first-order valence-electron chi connectivity index (χ1n) is 7.98. The molecule has 2 heterocycles. The van der Waals surface area contributed by atoms with E-state index < -0.39 is 5.79 Å². The van der Waals surface area contributed by atoms with E-state index in [1.54, 1.807) is 4.90 Å². The van der Waals surface area contributed by atoms with E-state index in [1.165, 1.54) is 0 Å². The number of rotatable bonds is 2. The average molecular weight is 344 g/mol. The van der Waals surface area contributed by atoms with Gasteiger partial charge in [-0.2, -0.15) is 0 Å². The molecule has 5 heteroatoms. The largest absolute Gasteiger partial charge is 0.336 e. The van der Waals surface area contributed by atoms with E-state index >= 15 is 0 Å². The van der Waals surface area contributed by atoms with Gasteiger partial charge in [0.25, 0.3) is 11.7 Å². The molecule has 2 aliphatic rings. The Morgan fingerprint density at radius 1 is 1.08 bits per heavy atom. The molecular formula is C19H18ClNO3. The van der Waals surface area contributed by atoms with Crippen molar-refractivity contribution in [1.82, 2.24) is 0 Å². The summed E-state index contributed by atoms with van der Waals surface area (Å²) in [5.74, 6) is -1.47. The molecule has 0 bridgehead atoms. The van der Waals surface area contributed by atoms with Crippen molar-refractivity contribution in [2.24, 2.45) is 0 Å². The zero-order valence-corrected chi connectivity index (χ0v) is 14.4. The van der Waals surface area contributed by atoms with Crippen molar-refractivity contribution in [3.05, 3.63) is 63.7 Å². The lowest BCUT2D eigenvalue weighted by Gasteiger charge is -2.23. The number of carbonyl (C=O) groups excluding carboxylic acids is 1. The molecule has 4 rings (SSSR count). The predicted octanol–water partition coefficient (Wildman–Crippen LogP) is 3.70. The molecule has 0 aliphatic carbocycles. The number of hydrogen-bond donors (Lipinski definition) is 0. The molecule has 2 aliphatic heterocycles. The number of amides is 1. The Morgan fingerprint density at radius 2 is 1.75 bits per heavy atom. The highest BCUT2D eigenvalue weighted by Crippen LogP contribution is 2.49. The second kappa shape index (κ2) is 5.59. The van der Waals surface area contributed by atoms with Gasteiger partial charge in [-0.3, -0.25) is 4.79 Å². The van der Waals surface area contributed by atoms with Gasteiger partial charge in [0.15, 0.2) is 0 Å². The molecule has 0 aromatic heterocycles. The molecule has 1 fully saturated rings. The Balaban J connectivity index is 1.87. The van der Waals surface area contributed by atoms with Gasteiger partial charge in [0.1, 0.15) is 0 Å². The number of aryl methyl sites for hydroxylation is 2. The highest BCUT2D eigenvalue weighted by molar-refractivity contribution is 6.31. The van der Waals surface area contributed by atoms with Crippen molar-refractivity contribution in [2.45, 2.75) is 26.2 Å². The van der Waals surface area contributed by atoms with Crippen LogP contribution in [0.3, 0.4) is 0 Å². The lowest BCUT2D eigenvalue weighted by atomic mass is 9.98. The molecule has 4 nitrogen and oxygen atoms in total. The zero-order chi connectivity index (χ0) is 16.9. The number of ether oxygens (including phenoxy) is 2. The van der Waals surface area contributed by atoms with E-state index in [4.69, 9.17) is 21.1 Å². The van der Waals surface area contributed by atoms with Gasteiger partial charge in [0.2, 0.25) is 0 Å². The fourth-order valence-corrected chi connectivity index (χ4v) is 3.77. The summed E-state index contributed by atoms with van der Waals surface area (Å²) in [6, 6.07) is 11.6. The molecule has 1 spiro atoms. The molecule has 124 valence electrons. The first kappa shape index (κ1) is 15.6.